The van der Waals surface area contributed by atoms with E-state index in [1.807, 2.05) is 18.5 Å². The summed E-state index contributed by atoms with van der Waals surface area (Å²) in [4.78, 5) is 8.89. The van der Waals surface area contributed by atoms with Gasteiger partial charge in [-0.15, -0.1) is 0 Å². The van der Waals surface area contributed by atoms with E-state index in [0.717, 1.165) is 29.7 Å². The summed E-state index contributed by atoms with van der Waals surface area (Å²) in [6.45, 7) is 7.21. The molecule has 0 aliphatic carbocycles. The lowest BCUT2D eigenvalue weighted by Gasteiger charge is -2.19. The number of hydrogen-bond acceptors (Lipinski definition) is 3. The summed E-state index contributed by atoms with van der Waals surface area (Å²) in [5, 5.41) is 0. The van der Waals surface area contributed by atoms with Crippen molar-refractivity contribution in [3.8, 4) is 0 Å². The first kappa shape index (κ1) is 13.0. The smallest absolute Gasteiger partial charge is 0.114 e. The van der Waals surface area contributed by atoms with Crippen molar-refractivity contribution in [2.75, 3.05) is 6.54 Å². The van der Waals surface area contributed by atoms with E-state index in [1.165, 1.54) is 0 Å². The SMILES string of the molecule is CCCC(CN)c1nc2cnccc2n1C(C)C. The Bertz CT molecular complexity index is 515. The van der Waals surface area contributed by atoms with Crippen LogP contribution in [0.25, 0.3) is 11.0 Å². The molecule has 0 spiro atoms. The van der Waals surface area contributed by atoms with Crippen LogP contribution in [0.15, 0.2) is 18.5 Å². The Labute approximate surface area is 108 Å². The van der Waals surface area contributed by atoms with Crippen molar-refractivity contribution in [2.24, 2.45) is 5.73 Å². The Kier molecular flexibility index (Phi) is 3.97. The fourth-order valence-corrected chi connectivity index (χ4v) is 2.50. The van der Waals surface area contributed by atoms with Gasteiger partial charge in [-0.3, -0.25) is 4.98 Å². The molecule has 2 heterocycles. The maximum absolute atomic E-state index is 5.91. The van der Waals surface area contributed by atoms with Gasteiger partial charge in [0.15, 0.2) is 0 Å². The van der Waals surface area contributed by atoms with Crippen LogP contribution in [0.1, 0.15) is 51.4 Å². The van der Waals surface area contributed by atoms with Gasteiger partial charge in [-0.2, -0.15) is 0 Å². The molecule has 4 heteroatoms. The van der Waals surface area contributed by atoms with Gasteiger partial charge in [0.2, 0.25) is 0 Å². The average molecular weight is 246 g/mol. The summed E-state index contributed by atoms with van der Waals surface area (Å²) in [5.74, 6) is 1.45. The summed E-state index contributed by atoms with van der Waals surface area (Å²) < 4.78 is 2.30. The zero-order valence-corrected chi connectivity index (χ0v) is 11.4. The first-order chi connectivity index (χ1) is 8.69. The molecule has 2 rings (SSSR count). The van der Waals surface area contributed by atoms with Gasteiger partial charge >= 0.3 is 0 Å². The molecule has 2 aromatic heterocycles. The lowest BCUT2D eigenvalue weighted by Crippen LogP contribution is -2.18. The molecule has 0 aliphatic heterocycles. The highest BCUT2D eigenvalue weighted by molar-refractivity contribution is 5.75. The highest BCUT2D eigenvalue weighted by Gasteiger charge is 2.19. The van der Waals surface area contributed by atoms with Crippen LogP contribution in [-0.4, -0.2) is 21.1 Å². The van der Waals surface area contributed by atoms with Crippen molar-refractivity contribution in [3.05, 3.63) is 24.3 Å². The average Bonchev–Trinajstić information content (AvgIpc) is 2.74. The lowest BCUT2D eigenvalue weighted by atomic mass is 10.0. The number of imidazole rings is 1. The van der Waals surface area contributed by atoms with Gasteiger partial charge in [0.1, 0.15) is 11.3 Å². The second-order valence-corrected chi connectivity index (χ2v) is 5.02. The van der Waals surface area contributed by atoms with E-state index in [-0.39, 0.29) is 0 Å². The van der Waals surface area contributed by atoms with Crippen molar-refractivity contribution in [1.82, 2.24) is 14.5 Å². The molecule has 1 atom stereocenters. The number of pyridine rings is 1. The van der Waals surface area contributed by atoms with Gasteiger partial charge in [0.25, 0.3) is 0 Å². The molecule has 0 saturated heterocycles. The highest BCUT2D eigenvalue weighted by Crippen LogP contribution is 2.27. The Morgan fingerprint density at radius 3 is 2.78 bits per heavy atom. The van der Waals surface area contributed by atoms with Crippen molar-refractivity contribution in [2.45, 2.75) is 45.6 Å². The monoisotopic (exact) mass is 246 g/mol. The summed E-state index contributed by atoms with van der Waals surface area (Å²) in [6.07, 6.45) is 5.86. The van der Waals surface area contributed by atoms with Crippen LogP contribution >= 0.6 is 0 Å². The minimum Gasteiger partial charge on any atom is -0.330 e. The molecule has 2 aromatic rings. The molecular formula is C14H22N4. The van der Waals surface area contributed by atoms with Crippen LogP contribution in [0.2, 0.25) is 0 Å². The molecule has 0 amide bonds. The minimum absolute atomic E-state index is 0.338. The summed E-state index contributed by atoms with van der Waals surface area (Å²) >= 11 is 0. The molecule has 0 fully saturated rings. The zero-order valence-electron chi connectivity index (χ0n) is 11.4. The molecule has 1 unspecified atom stereocenters. The van der Waals surface area contributed by atoms with Gasteiger partial charge in [-0.25, -0.2) is 4.98 Å². The van der Waals surface area contributed by atoms with E-state index in [1.54, 1.807) is 0 Å². The van der Waals surface area contributed by atoms with Gasteiger partial charge in [-0.1, -0.05) is 13.3 Å². The summed E-state index contributed by atoms with van der Waals surface area (Å²) in [5.41, 5.74) is 8.04. The van der Waals surface area contributed by atoms with Crippen LogP contribution < -0.4 is 5.73 Å². The second kappa shape index (κ2) is 5.48. The second-order valence-electron chi connectivity index (χ2n) is 5.02. The first-order valence-corrected chi connectivity index (χ1v) is 6.70. The number of nitrogens with two attached hydrogens (primary N) is 1. The standard InChI is InChI=1S/C14H22N4/c1-4-5-11(8-15)14-17-12-9-16-7-6-13(12)18(14)10(2)3/h6-7,9-11H,4-5,8,15H2,1-3H3. The van der Waals surface area contributed by atoms with Crippen molar-refractivity contribution in [1.29, 1.82) is 0 Å². The molecule has 18 heavy (non-hydrogen) atoms. The molecule has 2 N–H and O–H groups in total. The van der Waals surface area contributed by atoms with E-state index in [2.05, 4.69) is 30.3 Å². The largest absolute Gasteiger partial charge is 0.330 e. The summed E-state index contributed by atoms with van der Waals surface area (Å²) in [7, 11) is 0. The molecule has 4 nitrogen and oxygen atoms in total. The van der Waals surface area contributed by atoms with Gasteiger partial charge in [-0.05, 0) is 26.3 Å². The van der Waals surface area contributed by atoms with Crippen molar-refractivity contribution in [3.63, 3.8) is 0 Å². The van der Waals surface area contributed by atoms with Crippen molar-refractivity contribution < 1.29 is 0 Å². The van der Waals surface area contributed by atoms with Crippen LogP contribution in [0.3, 0.4) is 0 Å². The maximum Gasteiger partial charge on any atom is 0.114 e. The fraction of sp³-hybridized carbons (Fsp3) is 0.571. The lowest BCUT2D eigenvalue weighted by molar-refractivity contribution is 0.515. The molecule has 0 aliphatic rings. The molecule has 0 saturated carbocycles. The van der Waals surface area contributed by atoms with Crippen LogP contribution in [-0.2, 0) is 0 Å². The normalized spacial score (nSPS) is 13.4. The third-order valence-corrected chi connectivity index (χ3v) is 3.32. The molecule has 0 bridgehead atoms. The third-order valence-electron chi connectivity index (χ3n) is 3.32. The Hall–Kier alpha value is -1.42. The van der Waals surface area contributed by atoms with E-state index >= 15 is 0 Å². The Morgan fingerprint density at radius 1 is 1.39 bits per heavy atom. The van der Waals surface area contributed by atoms with Gasteiger partial charge < -0.3 is 10.3 Å². The van der Waals surface area contributed by atoms with E-state index in [9.17, 15) is 0 Å². The van der Waals surface area contributed by atoms with E-state index in [0.29, 0.717) is 18.5 Å². The number of nitrogens with zero attached hydrogens (tertiary/aromatic N) is 3. The highest BCUT2D eigenvalue weighted by atomic mass is 15.1. The van der Waals surface area contributed by atoms with Crippen LogP contribution in [0, 0.1) is 0 Å². The van der Waals surface area contributed by atoms with Gasteiger partial charge in [0.05, 0.1) is 11.7 Å². The molecule has 98 valence electrons. The predicted molar refractivity (Wildman–Crippen MR) is 74.6 cm³/mol. The van der Waals surface area contributed by atoms with Crippen molar-refractivity contribution >= 4 is 11.0 Å². The number of aromatic nitrogens is 3. The molecule has 0 aromatic carbocycles. The number of rotatable bonds is 5. The minimum atomic E-state index is 0.338. The first-order valence-electron chi connectivity index (χ1n) is 6.70. The topological polar surface area (TPSA) is 56.7 Å². The van der Waals surface area contributed by atoms with E-state index < -0.39 is 0 Å². The Morgan fingerprint density at radius 2 is 2.17 bits per heavy atom. The zero-order chi connectivity index (χ0) is 13.1. The number of fused-ring (bicyclic) bond motifs is 1. The van der Waals surface area contributed by atoms with E-state index in [4.69, 9.17) is 10.7 Å². The molecule has 0 radical (unpaired) electrons. The fourth-order valence-electron chi connectivity index (χ4n) is 2.50. The van der Waals surface area contributed by atoms with Gasteiger partial charge in [0, 0.05) is 24.7 Å². The third kappa shape index (κ3) is 2.25. The maximum atomic E-state index is 5.91. The Balaban J connectivity index is 2.57. The van der Waals surface area contributed by atoms with Crippen LogP contribution in [0.4, 0.5) is 0 Å². The predicted octanol–water partition coefficient (Wildman–Crippen LogP) is 2.85. The van der Waals surface area contributed by atoms with Crippen LogP contribution in [0.5, 0.6) is 0 Å². The quantitative estimate of drug-likeness (QED) is 0.882. The summed E-state index contributed by atoms with van der Waals surface area (Å²) in [6, 6.07) is 2.42. The molecular weight excluding hydrogens is 224 g/mol. The number of hydrogen-bond donors (Lipinski definition) is 1.